The molecule has 0 N–H and O–H groups in total. The lowest BCUT2D eigenvalue weighted by Gasteiger charge is -2.51. The molecule has 0 radical (unpaired) electrons. The Balaban J connectivity index is 1.41. The van der Waals surface area contributed by atoms with Crippen LogP contribution in [0, 0.1) is 23.7 Å². The Bertz CT molecular complexity index is 1050. The highest BCUT2D eigenvalue weighted by Crippen LogP contribution is 2.45. The SMILES string of the molecule is C=C[C@@H](C)CC[C@@H]1O[C@@]2(CC[C@H]1C)CC[C@H](C)[C@H]([C@H](C)CCCO[Si](c1ccccc1)(c1ccccc1)C(C)(C)C)O2. The molecule has 1 spiro atoms. The van der Waals surface area contributed by atoms with Crippen molar-refractivity contribution in [3.8, 4) is 0 Å². The molecule has 0 saturated carbocycles. The van der Waals surface area contributed by atoms with Crippen LogP contribution in [0.1, 0.15) is 99.8 Å². The minimum atomic E-state index is -2.50. The van der Waals surface area contributed by atoms with Gasteiger partial charge >= 0.3 is 0 Å². The van der Waals surface area contributed by atoms with E-state index in [4.69, 9.17) is 13.9 Å². The maximum Gasteiger partial charge on any atom is 0.261 e. The van der Waals surface area contributed by atoms with Gasteiger partial charge in [0.2, 0.25) is 0 Å². The van der Waals surface area contributed by atoms with E-state index in [2.05, 4.69) is 122 Å². The van der Waals surface area contributed by atoms with E-state index < -0.39 is 14.1 Å². The zero-order valence-electron chi connectivity index (χ0n) is 27.6. The average Bonchev–Trinajstić information content (AvgIpc) is 2.99. The van der Waals surface area contributed by atoms with Gasteiger partial charge in [-0.05, 0) is 77.6 Å². The molecular formula is C38H58O3Si. The van der Waals surface area contributed by atoms with Crippen molar-refractivity contribution in [1.29, 1.82) is 0 Å². The summed E-state index contributed by atoms with van der Waals surface area (Å²) < 4.78 is 21.1. The van der Waals surface area contributed by atoms with Gasteiger partial charge in [-0.25, -0.2) is 0 Å². The van der Waals surface area contributed by atoms with Crippen molar-refractivity contribution in [3.63, 3.8) is 0 Å². The summed E-state index contributed by atoms with van der Waals surface area (Å²) in [4.78, 5) is 0. The molecule has 0 aromatic heterocycles. The predicted octanol–water partition coefficient (Wildman–Crippen LogP) is 8.91. The fraction of sp³-hybridized carbons (Fsp3) is 0.632. The molecule has 2 fully saturated rings. The third-order valence-electron chi connectivity index (χ3n) is 10.3. The van der Waals surface area contributed by atoms with Gasteiger partial charge in [0.25, 0.3) is 8.32 Å². The summed E-state index contributed by atoms with van der Waals surface area (Å²) in [6, 6.07) is 22.0. The lowest BCUT2D eigenvalue weighted by atomic mass is 9.80. The summed E-state index contributed by atoms with van der Waals surface area (Å²) >= 11 is 0. The molecule has 2 saturated heterocycles. The summed E-state index contributed by atoms with van der Waals surface area (Å²) in [6.07, 6.45) is 11.3. The fourth-order valence-electron chi connectivity index (χ4n) is 7.51. The average molecular weight is 591 g/mol. The molecule has 4 rings (SSSR count). The first kappa shape index (κ1) is 33.2. The molecule has 3 nitrogen and oxygen atoms in total. The van der Waals surface area contributed by atoms with Gasteiger partial charge in [-0.3, -0.25) is 0 Å². The molecule has 4 heteroatoms. The van der Waals surface area contributed by atoms with Gasteiger partial charge in [-0.2, -0.15) is 0 Å². The van der Waals surface area contributed by atoms with Crippen LogP contribution in [0.4, 0.5) is 0 Å². The highest BCUT2D eigenvalue weighted by Gasteiger charge is 2.50. The van der Waals surface area contributed by atoms with E-state index in [1.54, 1.807) is 0 Å². The minimum absolute atomic E-state index is 0.00413. The second-order valence-corrected chi connectivity index (χ2v) is 18.9. The van der Waals surface area contributed by atoms with Crippen molar-refractivity contribution in [1.82, 2.24) is 0 Å². The normalized spacial score (nSPS) is 28.4. The summed E-state index contributed by atoms with van der Waals surface area (Å²) in [6.45, 7) is 21.2. The quantitative estimate of drug-likeness (QED) is 0.140. The molecule has 7 atom stereocenters. The Hall–Kier alpha value is -1.72. The molecule has 232 valence electrons. The van der Waals surface area contributed by atoms with E-state index in [1.165, 1.54) is 23.2 Å². The third kappa shape index (κ3) is 7.49. The Morgan fingerprint density at radius 3 is 2.02 bits per heavy atom. The second kappa shape index (κ2) is 14.4. The van der Waals surface area contributed by atoms with Crippen molar-refractivity contribution in [2.45, 2.75) is 123 Å². The van der Waals surface area contributed by atoms with Crippen molar-refractivity contribution in [3.05, 3.63) is 73.3 Å². The third-order valence-corrected chi connectivity index (χ3v) is 15.3. The molecule has 2 aromatic carbocycles. The Labute approximate surface area is 258 Å². The van der Waals surface area contributed by atoms with Crippen LogP contribution in [-0.2, 0) is 13.9 Å². The van der Waals surface area contributed by atoms with E-state index in [-0.39, 0.29) is 17.2 Å². The molecular weight excluding hydrogens is 533 g/mol. The van der Waals surface area contributed by atoms with E-state index in [0.29, 0.717) is 23.7 Å². The van der Waals surface area contributed by atoms with Crippen LogP contribution in [0.15, 0.2) is 73.3 Å². The molecule has 0 amide bonds. The van der Waals surface area contributed by atoms with Crippen LogP contribution in [0.3, 0.4) is 0 Å². The highest BCUT2D eigenvalue weighted by atomic mass is 28.4. The van der Waals surface area contributed by atoms with Gasteiger partial charge in [-0.15, -0.1) is 6.58 Å². The Morgan fingerprint density at radius 1 is 0.905 bits per heavy atom. The number of benzene rings is 2. The van der Waals surface area contributed by atoms with Gasteiger partial charge in [0.15, 0.2) is 5.79 Å². The van der Waals surface area contributed by atoms with Crippen LogP contribution < -0.4 is 10.4 Å². The fourth-order valence-corrected chi connectivity index (χ4v) is 12.1. The van der Waals surface area contributed by atoms with Crippen LogP contribution in [0.5, 0.6) is 0 Å². The number of ether oxygens (including phenoxy) is 2. The number of hydrogen-bond acceptors (Lipinski definition) is 3. The molecule has 2 aromatic rings. The molecule has 2 heterocycles. The highest BCUT2D eigenvalue weighted by molar-refractivity contribution is 6.99. The number of rotatable bonds is 12. The molecule has 2 aliphatic rings. The number of allylic oxidation sites excluding steroid dienone is 1. The zero-order valence-corrected chi connectivity index (χ0v) is 28.6. The molecule has 0 unspecified atom stereocenters. The van der Waals surface area contributed by atoms with Crippen molar-refractivity contribution >= 4 is 18.7 Å². The van der Waals surface area contributed by atoms with Crippen LogP contribution >= 0.6 is 0 Å². The second-order valence-electron chi connectivity index (χ2n) is 14.6. The smallest absolute Gasteiger partial charge is 0.261 e. The summed E-state index contributed by atoms with van der Waals surface area (Å²) in [5.74, 6) is 1.73. The molecule has 42 heavy (non-hydrogen) atoms. The minimum Gasteiger partial charge on any atom is -0.407 e. The van der Waals surface area contributed by atoms with Crippen LogP contribution in [0.25, 0.3) is 0 Å². The Morgan fingerprint density at radius 2 is 1.48 bits per heavy atom. The topological polar surface area (TPSA) is 27.7 Å². The molecule has 2 aliphatic heterocycles. The lowest BCUT2D eigenvalue weighted by Crippen LogP contribution is -2.66. The first-order valence-electron chi connectivity index (χ1n) is 16.7. The monoisotopic (exact) mass is 590 g/mol. The predicted molar refractivity (Wildman–Crippen MR) is 180 cm³/mol. The Kier molecular flexibility index (Phi) is 11.4. The van der Waals surface area contributed by atoms with E-state index >= 15 is 0 Å². The lowest BCUT2D eigenvalue weighted by molar-refractivity contribution is -0.338. The first-order valence-corrected chi connectivity index (χ1v) is 18.7. The molecule has 0 bridgehead atoms. The van der Waals surface area contributed by atoms with Gasteiger partial charge in [0, 0.05) is 19.4 Å². The van der Waals surface area contributed by atoms with Crippen LogP contribution in [0.2, 0.25) is 5.04 Å². The first-order chi connectivity index (χ1) is 20.0. The van der Waals surface area contributed by atoms with E-state index in [9.17, 15) is 0 Å². The van der Waals surface area contributed by atoms with E-state index in [1.807, 2.05) is 0 Å². The summed E-state index contributed by atoms with van der Waals surface area (Å²) in [7, 11) is -2.50. The van der Waals surface area contributed by atoms with Gasteiger partial charge < -0.3 is 13.9 Å². The van der Waals surface area contributed by atoms with Gasteiger partial charge in [0.05, 0.1) is 12.2 Å². The van der Waals surface area contributed by atoms with Crippen molar-refractivity contribution in [2.75, 3.05) is 6.61 Å². The number of hydrogen-bond donors (Lipinski definition) is 0. The zero-order chi connectivity index (χ0) is 30.4. The largest absolute Gasteiger partial charge is 0.407 e. The van der Waals surface area contributed by atoms with Crippen molar-refractivity contribution in [2.24, 2.45) is 23.7 Å². The maximum absolute atomic E-state index is 7.19. The van der Waals surface area contributed by atoms with Gasteiger partial charge in [0.1, 0.15) is 0 Å². The van der Waals surface area contributed by atoms with Crippen LogP contribution in [-0.4, -0.2) is 32.9 Å². The van der Waals surface area contributed by atoms with Gasteiger partial charge in [-0.1, -0.05) is 115 Å². The molecule has 0 aliphatic carbocycles. The van der Waals surface area contributed by atoms with Crippen molar-refractivity contribution < 1.29 is 13.9 Å². The maximum atomic E-state index is 7.19. The summed E-state index contributed by atoms with van der Waals surface area (Å²) in [5, 5.41) is 2.71. The standard InChI is InChI=1S/C38H58O3Si/c1-9-29(2)22-23-35-30(3)24-26-38(40-35)27-25-32(5)36(41-38)31(4)17-16-28-39-42(37(6,7)8,33-18-12-10-13-19-33)34-20-14-11-15-21-34/h9-15,18-21,29-32,35-36H,1,16-17,22-28H2,2-8H3/t29-,30-,31-,32+,35+,36+,38-/m1/s1. The summed E-state index contributed by atoms with van der Waals surface area (Å²) in [5.41, 5.74) is 0. The van der Waals surface area contributed by atoms with E-state index in [0.717, 1.165) is 45.1 Å².